The summed E-state index contributed by atoms with van der Waals surface area (Å²) in [5.41, 5.74) is 4.80. The van der Waals surface area contributed by atoms with E-state index < -0.39 is 5.41 Å². The summed E-state index contributed by atoms with van der Waals surface area (Å²) in [5.74, 6) is -0.0691. The van der Waals surface area contributed by atoms with E-state index in [-0.39, 0.29) is 15.6 Å². The highest BCUT2D eigenvalue weighted by molar-refractivity contribution is 8.00. The minimum atomic E-state index is -0.751. The van der Waals surface area contributed by atoms with Crippen molar-refractivity contribution in [1.29, 1.82) is 0 Å². The van der Waals surface area contributed by atoms with Gasteiger partial charge in [0.25, 0.3) is 0 Å². The van der Waals surface area contributed by atoms with Gasteiger partial charge in [-0.25, -0.2) is 0 Å². The molecule has 1 fully saturated rings. The van der Waals surface area contributed by atoms with Crippen LogP contribution in [0.2, 0.25) is 0 Å². The molecule has 1 amide bonds. The summed E-state index contributed by atoms with van der Waals surface area (Å²) in [5, 5.41) is 2.97. The van der Waals surface area contributed by atoms with Gasteiger partial charge in [-0.1, -0.05) is 18.6 Å². The Morgan fingerprint density at radius 2 is 2.12 bits per heavy atom. The van der Waals surface area contributed by atoms with Crippen molar-refractivity contribution in [2.24, 2.45) is 11.1 Å². The van der Waals surface area contributed by atoms with Crippen molar-refractivity contribution in [1.82, 2.24) is 5.32 Å². The molecule has 1 aliphatic rings. The molecule has 1 aliphatic carbocycles. The molecule has 0 atom stereocenters. The number of thioether (sulfide) groups is 1. The number of nitrogens with one attached hydrogen (secondary N) is 1. The third-order valence-electron chi connectivity index (χ3n) is 3.45. The van der Waals surface area contributed by atoms with Crippen molar-refractivity contribution >= 4 is 34.9 Å². The van der Waals surface area contributed by atoms with Crippen molar-refractivity contribution in [2.45, 2.75) is 37.9 Å². The van der Waals surface area contributed by atoms with Gasteiger partial charge in [0.05, 0.1) is 10.4 Å². The first-order chi connectivity index (χ1) is 7.34. The lowest BCUT2D eigenvalue weighted by atomic mass is 9.83. The number of carbonyl (C=O) groups excluding carboxylic acids is 1. The first-order valence-electron chi connectivity index (χ1n) is 5.47. The van der Waals surface area contributed by atoms with Gasteiger partial charge in [0.1, 0.15) is 0 Å². The first-order valence-corrected chi connectivity index (χ1v) is 7.11. The number of hydrogen-bond donors (Lipinski definition) is 2. The number of nitrogens with two attached hydrogens (primary N) is 1. The van der Waals surface area contributed by atoms with Gasteiger partial charge in [-0.3, -0.25) is 4.79 Å². The lowest BCUT2D eigenvalue weighted by Gasteiger charge is -2.41. The topological polar surface area (TPSA) is 55.1 Å². The maximum Gasteiger partial charge on any atom is 0.232 e. The summed E-state index contributed by atoms with van der Waals surface area (Å²) in [4.78, 5) is 12.2. The highest BCUT2D eigenvalue weighted by Crippen LogP contribution is 2.42. The van der Waals surface area contributed by atoms with Crippen LogP contribution in [0.4, 0.5) is 0 Å². The van der Waals surface area contributed by atoms with Crippen LogP contribution in [-0.4, -0.2) is 28.4 Å². The Bertz CT molecular complexity index is 293. The predicted octanol–water partition coefficient (Wildman–Crippen LogP) is 1.70. The Balaban J connectivity index is 2.49. The second-order valence-electron chi connectivity index (χ2n) is 4.91. The van der Waals surface area contributed by atoms with Gasteiger partial charge >= 0.3 is 0 Å². The normalized spacial score (nSPS) is 18.7. The summed E-state index contributed by atoms with van der Waals surface area (Å²) < 4.78 is 0.252. The van der Waals surface area contributed by atoms with E-state index in [1.807, 2.05) is 11.8 Å². The summed E-state index contributed by atoms with van der Waals surface area (Å²) in [7, 11) is 0. The SMILES string of the molecule is CSC1(CNC(=O)C(C)(C)C(N)=S)CCC1. The molecule has 3 N–H and O–H groups in total. The third kappa shape index (κ3) is 2.69. The van der Waals surface area contributed by atoms with Gasteiger partial charge < -0.3 is 11.1 Å². The van der Waals surface area contributed by atoms with Crippen LogP contribution >= 0.6 is 24.0 Å². The number of rotatable bonds is 5. The number of carbonyl (C=O) groups is 1. The summed E-state index contributed by atoms with van der Waals surface area (Å²) in [6.07, 6.45) is 5.73. The zero-order valence-electron chi connectivity index (χ0n) is 10.1. The molecule has 0 bridgehead atoms. The molecule has 3 nitrogen and oxygen atoms in total. The van der Waals surface area contributed by atoms with E-state index in [2.05, 4.69) is 11.6 Å². The summed E-state index contributed by atoms with van der Waals surface area (Å²) in [6.45, 7) is 4.24. The average Bonchev–Trinajstić information content (AvgIpc) is 2.16. The quantitative estimate of drug-likeness (QED) is 0.739. The Labute approximate surface area is 107 Å². The van der Waals surface area contributed by atoms with Crippen molar-refractivity contribution in [3.63, 3.8) is 0 Å². The third-order valence-corrected chi connectivity index (χ3v) is 5.38. The maximum atomic E-state index is 11.9. The van der Waals surface area contributed by atoms with Crippen LogP contribution in [0.15, 0.2) is 0 Å². The minimum absolute atomic E-state index is 0.0691. The average molecular weight is 260 g/mol. The molecule has 0 aromatic heterocycles. The lowest BCUT2D eigenvalue weighted by molar-refractivity contribution is -0.126. The molecule has 0 heterocycles. The van der Waals surface area contributed by atoms with Crippen molar-refractivity contribution in [2.75, 3.05) is 12.8 Å². The van der Waals surface area contributed by atoms with Crippen molar-refractivity contribution in [3.8, 4) is 0 Å². The molecule has 1 rings (SSSR count). The van der Waals surface area contributed by atoms with Gasteiger partial charge in [0.15, 0.2) is 0 Å². The van der Waals surface area contributed by atoms with Crippen LogP contribution in [0.1, 0.15) is 33.1 Å². The Kier molecular flexibility index (Phi) is 4.23. The van der Waals surface area contributed by atoms with Gasteiger partial charge in [-0.15, -0.1) is 0 Å². The van der Waals surface area contributed by atoms with Gasteiger partial charge in [0.2, 0.25) is 5.91 Å². The van der Waals surface area contributed by atoms with E-state index in [1.54, 1.807) is 13.8 Å². The highest BCUT2D eigenvalue weighted by atomic mass is 32.2. The summed E-state index contributed by atoms with van der Waals surface area (Å²) >= 11 is 6.74. The molecule has 92 valence electrons. The molecule has 0 aromatic rings. The fourth-order valence-corrected chi connectivity index (χ4v) is 2.60. The van der Waals surface area contributed by atoms with Crippen molar-refractivity contribution < 1.29 is 4.79 Å². The van der Waals surface area contributed by atoms with E-state index in [0.717, 1.165) is 6.54 Å². The second-order valence-corrected chi connectivity index (χ2v) is 6.63. The monoisotopic (exact) mass is 260 g/mol. The van der Waals surface area contributed by atoms with Crippen LogP contribution in [-0.2, 0) is 4.79 Å². The second kappa shape index (κ2) is 4.92. The number of thiocarbonyl (C=S) groups is 1. The van der Waals surface area contributed by atoms with E-state index in [4.69, 9.17) is 18.0 Å². The van der Waals surface area contributed by atoms with Crippen LogP contribution < -0.4 is 11.1 Å². The molecule has 0 saturated heterocycles. The zero-order chi connectivity index (χ0) is 12.4. The number of hydrogen-bond acceptors (Lipinski definition) is 3. The Morgan fingerprint density at radius 3 is 2.44 bits per heavy atom. The van der Waals surface area contributed by atoms with E-state index in [1.165, 1.54) is 19.3 Å². The van der Waals surface area contributed by atoms with Crippen LogP contribution in [0, 0.1) is 5.41 Å². The zero-order valence-corrected chi connectivity index (χ0v) is 11.8. The molecule has 0 aliphatic heterocycles. The number of amides is 1. The molecule has 0 spiro atoms. The Hall–Kier alpha value is -0.290. The molecule has 0 radical (unpaired) electrons. The van der Waals surface area contributed by atoms with Crippen molar-refractivity contribution in [3.05, 3.63) is 0 Å². The minimum Gasteiger partial charge on any atom is -0.392 e. The molecular weight excluding hydrogens is 240 g/mol. The van der Waals surface area contributed by atoms with E-state index in [9.17, 15) is 4.79 Å². The first kappa shape index (κ1) is 13.8. The van der Waals surface area contributed by atoms with Crippen LogP contribution in [0.3, 0.4) is 0 Å². The van der Waals surface area contributed by atoms with E-state index in [0.29, 0.717) is 0 Å². The molecule has 1 saturated carbocycles. The lowest BCUT2D eigenvalue weighted by Crippen LogP contribution is -2.51. The van der Waals surface area contributed by atoms with E-state index >= 15 is 0 Å². The van der Waals surface area contributed by atoms with Crippen LogP contribution in [0.25, 0.3) is 0 Å². The standard InChI is InChI=1S/C11H20N2OS2/c1-10(2,8(12)15)9(14)13-7-11(16-3)5-4-6-11/h4-7H2,1-3H3,(H2,12,15)(H,13,14). The maximum absolute atomic E-state index is 11.9. The largest absolute Gasteiger partial charge is 0.392 e. The van der Waals surface area contributed by atoms with Gasteiger partial charge in [-0.2, -0.15) is 11.8 Å². The molecule has 5 heteroatoms. The molecule has 16 heavy (non-hydrogen) atoms. The molecular formula is C11H20N2OS2. The predicted molar refractivity (Wildman–Crippen MR) is 73.7 cm³/mol. The molecule has 0 aromatic carbocycles. The summed E-state index contributed by atoms with van der Waals surface area (Å²) in [6, 6.07) is 0. The fourth-order valence-electron chi connectivity index (χ4n) is 1.60. The smallest absolute Gasteiger partial charge is 0.232 e. The van der Waals surface area contributed by atoms with Gasteiger partial charge in [-0.05, 0) is 32.9 Å². The van der Waals surface area contributed by atoms with Crippen LogP contribution in [0.5, 0.6) is 0 Å². The fraction of sp³-hybridized carbons (Fsp3) is 0.818. The van der Waals surface area contributed by atoms with Gasteiger partial charge in [0, 0.05) is 11.3 Å². The Morgan fingerprint density at radius 1 is 1.56 bits per heavy atom. The highest BCUT2D eigenvalue weighted by Gasteiger charge is 2.38. The molecule has 0 unspecified atom stereocenters.